The van der Waals surface area contributed by atoms with Crippen molar-refractivity contribution in [3.63, 3.8) is 0 Å². The number of thiazole rings is 1. The lowest BCUT2D eigenvalue weighted by Gasteiger charge is -2.10. The maximum Gasteiger partial charge on any atom is 0.228 e. The number of carbonyl (C=O) groups excluding carboxylic acids is 1. The van der Waals surface area contributed by atoms with E-state index in [1.165, 1.54) is 11.3 Å². The molecule has 1 aromatic carbocycles. The zero-order chi connectivity index (χ0) is 18.1. The maximum absolute atomic E-state index is 12.5. The third-order valence-corrected chi connectivity index (χ3v) is 5.69. The van der Waals surface area contributed by atoms with Gasteiger partial charge in [0.2, 0.25) is 11.0 Å². The van der Waals surface area contributed by atoms with Gasteiger partial charge in [-0.15, -0.1) is 11.3 Å². The van der Waals surface area contributed by atoms with Gasteiger partial charge in [-0.2, -0.15) is 9.78 Å². The average molecular weight is 387 g/mol. The van der Waals surface area contributed by atoms with Crippen LogP contribution in [-0.2, 0) is 4.79 Å². The van der Waals surface area contributed by atoms with Gasteiger partial charge in [0.05, 0.1) is 11.4 Å². The van der Waals surface area contributed by atoms with E-state index in [-0.39, 0.29) is 11.8 Å². The minimum atomic E-state index is 0.0816. The molecule has 134 valence electrons. The number of nitrogens with one attached hydrogen (secondary N) is 1. The van der Waals surface area contributed by atoms with Gasteiger partial charge in [-0.3, -0.25) is 4.79 Å². The minimum absolute atomic E-state index is 0.0816. The number of nitrogens with zero attached hydrogens (tertiary/aromatic N) is 3. The smallest absolute Gasteiger partial charge is 0.228 e. The Labute approximate surface area is 161 Å². The molecule has 0 saturated heterocycles. The second-order valence-electron chi connectivity index (χ2n) is 6.58. The molecule has 0 unspecified atom stereocenters. The summed E-state index contributed by atoms with van der Waals surface area (Å²) in [4.78, 5) is 17.2. The lowest BCUT2D eigenvalue weighted by molar-refractivity contribution is -0.119. The summed E-state index contributed by atoms with van der Waals surface area (Å²) in [7, 11) is 0. The summed E-state index contributed by atoms with van der Waals surface area (Å²) in [6, 6.07) is 9.47. The van der Waals surface area contributed by atoms with Gasteiger partial charge >= 0.3 is 0 Å². The van der Waals surface area contributed by atoms with Crippen LogP contribution in [0.5, 0.6) is 0 Å². The van der Waals surface area contributed by atoms with Crippen molar-refractivity contribution in [3.8, 4) is 16.4 Å². The van der Waals surface area contributed by atoms with Crippen LogP contribution in [0.3, 0.4) is 0 Å². The van der Waals surface area contributed by atoms with Gasteiger partial charge in [-0.1, -0.05) is 36.6 Å². The number of aryl methyl sites for hydroxylation is 1. The van der Waals surface area contributed by atoms with Crippen LogP contribution in [0.2, 0.25) is 5.02 Å². The predicted molar refractivity (Wildman–Crippen MR) is 105 cm³/mol. The molecule has 0 aliphatic heterocycles. The lowest BCUT2D eigenvalue weighted by Crippen LogP contribution is -2.22. The van der Waals surface area contributed by atoms with Gasteiger partial charge in [0.25, 0.3) is 0 Å². The van der Waals surface area contributed by atoms with E-state index in [0.717, 1.165) is 47.8 Å². The van der Waals surface area contributed by atoms with Gasteiger partial charge in [-0.05, 0) is 31.9 Å². The predicted octanol–water partition coefficient (Wildman–Crippen LogP) is 5.09. The first-order valence-corrected chi connectivity index (χ1v) is 9.95. The summed E-state index contributed by atoms with van der Waals surface area (Å²) in [6.45, 7) is 1.91. The second-order valence-corrected chi connectivity index (χ2v) is 7.85. The molecule has 5 nitrogen and oxygen atoms in total. The largest absolute Gasteiger partial charge is 0.310 e. The molecule has 1 aliphatic rings. The van der Waals surface area contributed by atoms with Crippen molar-refractivity contribution in [3.05, 3.63) is 46.4 Å². The molecule has 2 aromatic heterocycles. The number of benzene rings is 1. The van der Waals surface area contributed by atoms with Crippen molar-refractivity contribution in [2.24, 2.45) is 5.92 Å². The molecule has 0 bridgehead atoms. The van der Waals surface area contributed by atoms with Crippen LogP contribution in [0.15, 0.2) is 35.7 Å². The van der Waals surface area contributed by atoms with E-state index in [2.05, 4.69) is 15.4 Å². The molecule has 2 heterocycles. The summed E-state index contributed by atoms with van der Waals surface area (Å²) < 4.78 is 1.71. The number of rotatable bonds is 4. The summed E-state index contributed by atoms with van der Waals surface area (Å²) in [6.07, 6.45) is 4.20. The highest BCUT2D eigenvalue weighted by Gasteiger charge is 2.24. The Kier molecular flexibility index (Phi) is 4.78. The zero-order valence-electron chi connectivity index (χ0n) is 14.4. The van der Waals surface area contributed by atoms with Crippen LogP contribution < -0.4 is 5.32 Å². The fourth-order valence-electron chi connectivity index (χ4n) is 3.27. The van der Waals surface area contributed by atoms with E-state index < -0.39 is 0 Å². The van der Waals surface area contributed by atoms with Crippen LogP contribution in [0.25, 0.3) is 16.4 Å². The maximum atomic E-state index is 12.5. The molecule has 0 spiro atoms. The third-order valence-electron chi connectivity index (χ3n) is 4.62. The van der Waals surface area contributed by atoms with Gasteiger partial charge in [0, 0.05) is 28.0 Å². The standard InChI is InChI=1S/C19H19ClN4OS/c1-12-10-17(22-18(25)14-4-2-3-5-14)24(23-12)19-21-16(11-26-19)13-6-8-15(20)9-7-13/h6-11,14H,2-5H2,1H3,(H,22,25). The highest BCUT2D eigenvalue weighted by Crippen LogP contribution is 2.29. The Morgan fingerprint density at radius 3 is 2.73 bits per heavy atom. The van der Waals surface area contributed by atoms with Crippen LogP contribution >= 0.6 is 22.9 Å². The van der Waals surface area contributed by atoms with Crippen molar-refractivity contribution in [1.82, 2.24) is 14.8 Å². The number of aromatic nitrogens is 3. The Balaban J connectivity index is 1.60. The van der Waals surface area contributed by atoms with Crippen LogP contribution in [0.4, 0.5) is 5.82 Å². The van der Waals surface area contributed by atoms with Gasteiger partial charge in [0.15, 0.2) is 0 Å². The molecule has 0 atom stereocenters. The number of carbonyl (C=O) groups is 1. The highest BCUT2D eigenvalue weighted by atomic mass is 35.5. The minimum Gasteiger partial charge on any atom is -0.310 e. The normalized spacial score (nSPS) is 14.7. The van der Waals surface area contributed by atoms with E-state index in [9.17, 15) is 4.79 Å². The van der Waals surface area contributed by atoms with Crippen molar-refractivity contribution in [2.45, 2.75) is 32.6 Å². The second kappa shape index (κ2) is 7.21. The Morgan fingerprint density at radius 1 is 1.27 bits per heavy atom. The SMILES string of the molecule is Cc1cc(NC(=O)C2CCCC2)n(-c2nc(-c3ccc(Cl)cc3)cs2)n1. The van der Waals surface area contributed by atoms with E-state index in [1.807, 2.05) is 42.6 Å². The number of anilines is 1. The molecule has 1 N–H and O–H groups in total. The molecule has 7 heteroatoms. The summed E-state index contributed by atoms with van der Waals surface area (Å²) >= 11 is 7.45. The van der Waals surface area contributed by atoms with Crippen molar-refractivity contribution in [1.29, 1.82) is 0 Å². The number of hydrogen-bond donors (Lipinski definition) is 1. The molecular weight excluding hydrogens is 368 g/mol. The lowest BCUT2D eigenvalue weighted by atomic mass is 10.1. The number of amides is 1. The zero-order valence-corrected chi connectivity index (χ0v) is 16.0. The molecular formula is C19H19ClN4OS. The molecule has 1 amide bonds. The van der Waals surface area contributed by atoms with E-state index >= 15 is 0 Å². The Bertz CT molecular complexity index is 925. The van der Waals surface area contributed by atoms with E-state index in [4.69, 9.17) is 11.6 Å². The van der Waals surface area contributed by atoms with Crippen LogP contribution in [-0.4, -0.2) is 20.7 Å². The van der Waals surface area contributed by atoms with Gasteiger partial charge < -0.3 is 5.32 Å². The molecule has 1 saturated carbocycles. The first-order chi connectivity index (χ1) is 12.6. The summed E-state index contributed by atoms with van der Waals surface area (Å²) in [5.41, 5.74) is 2.70. The van der Waals surface area contributed by atoms with Crippen molar-refractivity contribution < 1.29 is 4.79 Å². The summed E-state index contributed by atoms with van der Waals surface area (Å²) in [5, 5.41) is 11.0. The molecule has 1 fully saturated rings. The van der Waals surface area contributed by atoms with Crippen LogP contribution in [0, 0.1) is 12.8 Å². The fraction of sp³-hybridized carbons (Fsp3) is 0.316. The number of hydrogen-bond acceptors (Lipinski definition) is 4. The van der Waals surface area contributed by atoms with Crippen molar-refractivity contribution in [2.75, 3.05) is 5.32 Å². The topological polar surface area (TPSA) is 59.8 Å². The molecule has 0 radical (unpaired) electrons. The van der Waals surface area contributed by atoms with Crippen LogP contribution in [0.1, 0.15) is 31.4 Å². The first kappa shape index (κ1) is 17.2. The Hall–Kier alpha value is -2.18. The molecule has 1 aliphatic carbocycles. The van der Waals surface area contributed by atoms with E-state index in [0.29, 0.717) is 10.8 Å². The first-order valence-electron chi connectivity index (χ1n) is 8.69. The fourth-order valence-corrected chi connectivity index (χ4v) is 4.19. The molecule has 26 heavy (non-hydrogen) atoms. The van der Waals surface area contributed by atoms with Gasteiger partial charge in [-0.25, -0.2) is 4.98 Å². The van der Waals surface area contributed by atoms with Crippen molar-refractivity contribution >= 4 is 34.7 Å². The molecule has 3 aromatic rings. The third kappa shape index (κ3) is 3.52. The average Bonchev–Trinajstić information content (AvgIpc) is 3.35. The quantitative estimate of drug-likeness (QED) is 0.679. The van der Waals surface area contributed by atoms with E-state index in [1.54, 1.807) is 4.68 Å². The Morgan fingerprint density at radius 2 is 2.00 bits per heavy atom. The van der Waals surface area contributed by atoms with Gasteiger partial charge in [0.1, 0.15) is 5.82 Å². The monoisotopic (exact) mass is 386 g/mol. The highest BCUT2D eigenvalue weighted by molar-refractivity contribution is 7.12. The molecule has 4 rings (SSSR count). The number of halogens is 1. The summed E-state index contributed by atoms with van der Waals surface area (Å²) in [5.74, 6) is 0.870.